The fraction of sp³-hybridized carbons (Fsp3) is 0.889. The van der Waals surface area contributed by atoms with E-state index in [9.17, 15) is 0 Å². The highest BCUT2D eigenvalue weighted by molar-refractivity contribution is 8.14. The van der Waals surface area contributed by atoms with Crippen LogP contribution in [0.5, 0.6) is 0 Å². The molecule has 0 bridgehead atoms. The average molecular weight is 186 g/mol. The van der Waals surface area contributed by atoms with Gasteiger partial charge in [0.05, 0.1) is 6.54 Å². The van der Waals surface area contributed by atoms with Crippen molar-refractivity contribution in [1.29, 1.82) is 0 Å². The molecule has 0 radical (unpaired) electrons. The summed E-state index contributed by atoms with van der Waals surface area (Å²) < 4.78 is 0. The predicted octanol–water partition coefficient (Wildman–Crippen LogP) is 2.11. The van der Waals surface area contributed by atoms with E-state index in [0.717, 1.165) is 23.5 Å². The van der Waals surface area contributed by atoms with E-state index in [4.69, 9.17) is 0 Å². The molecule has 12 heavy (non-hydrogen) atoms. The molecule has 0 amide bonds. The van der Waals surface area contributed by atoms with Crippen LogP contribution >= 0.6 is 11.8 Å². The maximum atomic E-state index is 4.43. The SMILES string of the molecule is CCC1CN=C(NCC(C)C)S1. The van der Waals surface area contributed by atoms with Crippen LogP contribution in [0.1, 0.15) is 27.2 Å². The first kappa shape index (κ1) is 9.90. The Morgan fingerprint density at radius 1 is 1.67 bits per heavy atom. The molecule has 1 N–H and O–H groups in total. The first-order valence-electron chi connectivity index (χ1n) is 4.67. The van der Waals surface area contributed by atoms with Crippen molar-refractivity contribution in [2.75, 3.05) is 13.1 Å². The van der Waals surface area contributed by atoms with Gasteiger partial charge in [-0.05, 0) is 12.3 Å². The second-order valence-corrected chi connectivity index (χ2v) is 4.86. The van der Waals surface area contributed by atoms with Crippen molar-refractivity contribution in [3.8, 4) is 0 Å². The van der Waals surface area contributed by atoms with Gasteiger partial charge in [-0.25, -0.2) is 0 Å². The van der Waals surface area contributed by atoms with Crippen molar-refractivity contribution < 1.29 is 0 Å². The van der Waals surface area contributed by atoms with Crippen LogP contribution in [0.25, 0.3) is 0 Å². The van der Waals surface area contributed by atoms with E-state index in [1.165, 1.54) is 6.42 Å². The van der Waals surface area contributed by atoms with Gasteiger partial charge in [0, 0.05) is 11.8 Å². The van der Waals surface area contributed by atoms with Crippen molar-refractivity contribution >= 4 is 16.9 Å². The molecule has 1 aliphatic heterocycles. The maximum Gasteiger partial charge on any atom is 0.156 e. The van der Waals surface area contributed by atoms with Gasteiger partial charge in [-0.1, -0.05) is 32.5 Å². The smallest absolute Gasteiger partial charge is 0.156 e. The summed E-state index contributed by atoms with van der Waals surface area (Å²) in [6, 6.07) is 0. The molecule has 1 aliphatic rings. The number of aliphatic imine (C=N–C) groups is 1. The summed E-state index contributed by atoms with van der Waals surface area (Å²) in [5.41, 5.74) is 0. The fourth-order valence-corrected chi connectivity index (χ4v) is 1.97. The Kier molecular flexibility index (Phi) is 3.92. The third-order valence-corrected chi connectivity index (χ3v) is 3.15. The first-order valence-corrected chi connectivity index (χ1v) is 5.55. The molecule has 70 valence electrons. The van der Waals surface area contributed by atoms with Gasteiger partial charge in [0.15, 0.2) is 5.17 Å². The number of nitrogens with one attached hydrogen (secondary N) is 1. The monoisotopic (exact) mass is 186 g/mol. The Bertz CT molecular complexity index is 166. The third kappa shape index (κ3) is 3.05. The van der Waals surface area contributed by atoms with Crippen LogP contribution in [-0.2, 0) is 0 Å². The van der Waals surface area contributed by atoms with Crippen LogP contribution in [-0.4, -0.2) is 23.5 Å². The summed E-state index contributed by atoms with van der Waals surface area (Å²) in [6.45, 7) is 8.69. The van der Waals surface area contributed by atoms with Gasteiger partial charge in [-0.2, -0.15) is 0 Å². The molecular formula is C9H18N2S. The highest BCUT2D eigenvalue weighted by Crippen LogP contribution is 2.21. The highest BCUT2D eigenvalue weighted by atomic mass is 32.2. The lowest BCUT2D eigenvalue weighted by Crippen LogP contribution is -2.24. The lowest BCUT2D eigenvalue weighted by molar-refractivity contribution is 0.627. The van der Waals surface area contributed by atoms with Gasteiger partial charge in [0.25, 0.3) is 0 Å². The molecule has 0 saturated carbocycles. The van der Waals surface area contributed by atoms with E-state index in [-0.39, 0.29) is 0 Å². The van der Waals surface area contributed by atoms with Crippen LogP contribution in [0.3, 0.4) is 0 Å². The number of hydrogen-bond acceptors (Lipinski definition) is 3. The van der Waals surface area contributed by atoms with Gasteiger partial charge in [-0.3, -0.25) is 4.99 Å². The molecule has 0 spiro atoms. The molecule has 0 aromatic rings. The van der Waals surface area contributed by atoms with Gasteiger partial charge >= 0.3 is 0 Å². The molecule has 0 aromatic carbocycles. The maximum absolute atomic E-state index is 4.43. The Morgan fingerprint density at radius 2 is 2.42 bits per heavy atom. The first-order chi connectivity index (χ1) is 5.72. The van der Waals surface area contributed by atoms with Gasteiger partial charge in [0.2, 0.25) is 0 Å². The Balaban J connectivity index is 2.18. The Labute approximate surface area is 79.2 Å². The van der Waals surface area contributed by atoms with E-state index in [2.05, 4.69) is 31.1 Å². The normalized spacial score (nSPS) is 23.0. The zero-order chi connectivity index (χ0) is 8.97. The molecule has 3 heteroatoms. The molecule has 0 saturated heterocycles. The minimum absolute atomic E-state index is 0.703. The summed E-state index contributed by atoms with van der Waals surface area (Å²) >= 11 is 1.89. The fourth-order valence-electron chi connectivity index (χ4n) is 1.02. The summed E-state index contributed by atoms with van der Waals surface area (Å²) in [5.74, 6) is 0.703. The minimum Gasteiger partial charge on any atom is -0.365 e. The molecule has 0 aliphatic carbocycles. The van der Waals surface area contributed by atoms with Crippen LogP contribution < -0.4 is 5.32 Å². The molecule has 1 rings (SSSR count). The summed E-state index contributed by atoms with van der Waals surface area (Å²) in [5, 5.41) is 5.23. The lowest BCUT2D eigenvalue weighted by Gasteiger charge is -2.08. The van der Waals surface area contributed by atoms with E-state index in [1.807, 2.05) is 11.8 Å². The zero-order valence-electron chi connectivity index (χ0n) is 8.13. The van der Waals surface area contributed by atoms with E-state index in [1.54, 1.807) is 0 Å². The average Bonchev–Trinajstić information content (AvgIpc) is 2.48. The highest BCUT2D eigenvalue weighted by Gasteiger charge is 2.16. The molecule has 1 heterocycles. The lowest BCUT2D eigenvalue weighted by atomic mass is 10.2. The van der Waals surface area contributed by atoms with E-state index >= 15 is 0 Å². The van der Waals surface area contributed by atoms with Crippen molar-refractivity contribution in [3.05, 3.63) is 0 Å². The summed E-state index contributed by atoms with van der Waals surface area (Å²) in [7, 11) is 0. The van der Waals surface area contributed by atoms with Gasteiger partial charge in [0.1, 0.15) is 0 Å². The summed E-state index contributed by atoms with van der Waals surface area (Å²) in [6.07, 6.45) is 1.22. The van der Waals surface area contributed by atoms with Crippen LogP contribution in [0.4, 0.5) is 0 Å². The minimum atomic E-state index is 0.703. The number of nitrogens with zero attached hydrogens (tertiary/aromatic N) is 1. The van der Waals surface area contributed by atoms with Crippen molar-refractivity contribution in [3.63, 3.8) is 0 Å². The van der Waals surface area contributed by atoms with E-state index < -0.39 is 0 Å². The second kappa shape index (κ2) is 4.75. The molecular weight excluding hydrogens is 168 g/mol. The molecule has 0 fully saturated rings. The number of hydrogen-bond donors (Lipinski definition) is 1. The second-order valence-electron chi connectivity index (χ2n) is 3.57. The van der Waals surface area contributed by atoms with Gasteiger partial charge in [-0.15, -0.1) is 0 Å². The van der Waals surface area contributed by atoms with Gasteiger partial charge < -0.3 is 5.32 Å². The van der Waals surface area contributed by atoms with Crippen LogP contribution in [0.2, 0.25) is 0 Å². The number of rotatable bonds is 3. The van der Waals surface area contributed by atoms with E-state index in [0.29, 0.717) is 5.92 Å². The molecule has 1 unspecified atom stereocenters. The molecule has 1 atom stereocenters. The number of thioether (sulfide) groups is 1. The van der Waals surface area contributed by atoms with Crippen LogP contribution in [0.15, 0.2) is 4.99 Å². The van der Waals surface area contributed by atoms with Crippen molar-refractivity contribution in [2.24, 2.45) is 10.9 Å². The topological polar surface area (TPSA) is 24.4 Å². The third-order valence-electron chi connectivity index (χ3n) is 1.83. The molecule has 2 nitrogen and oxygen atoms in total. The predicted molar refractivity (Wildman–Crippen MR) is 56.8 cm³/mol. The largest absolute Gasteiger partial charge is 0.365 e. The Morgan fingerprint density at radius 3 is 2.92 bits per heavy atom. The van der Waals surface area contributed by atoms with Crippen molar-refractivity contribution in [2.45, 2.75) is 32.4 Å². The summed E-state index contributed by atoms with van der Waals surface area (Å²) in [4.78, 5) is 4.43. The zero-order valence-corrected chi connectivity index (χ0v) is 8.95. The van der Waals surface area contributed by atoms with Crippen LogP contribution in [0, 0.1) is 5.92 Å². The molecule has 0 aromatic heterocycles. The standard InChI is InChI=1S/C9H18N2S/c1-4-8-6-11-9(12-8)10-5-7(2)3/h7-8H,4-6H2,1-3H3,(H,10,11). The van der Waals surface area contributed by atoms with Crippen molar-refractivity contribution in [1.82, 2.24) is 5.32 Å². The quantitative estimate of drug-likeness (QED) is 0.730. The number of amidine groups is 1. The Hall–Kier alpha value is -0.180.